The van der Waals surface area contributed by atoms with Crippen molar-refractivity contribution in [3.8, 4) is 0 Å². The Morgan fingerprint density at radius 1 is 1.53 bits per heavy atom. The maximum atomic E-state index is 11.5. The van der Waals surface area contributed by atoms with Crippen molar-refractivity contribution in [2.75, 3.05) is 12.3 Å². The zero-order valence-electron chi connectivity index (χ0n) is 9.02. The summed E-state index contributed by atoms with van der Waals surface area (Å²) in [6, 6.07) is 7.32. The molecule has 0 spiro atoms. The van der Waals surface area contributed by atoms with Gasteiger partial charge in [0.05, 0.1) is 6.54 Å². The van der Waals surface area contributed by atoms with E-state index in [1.807, 2.05) is 12.1 Å². The molecule has 0 aliphatic carbocycles. The number of nitrogens with one attached hydrogen (secondary N) is 1. The third-order valence-corrected chi connectivity index (χ3v) is 3.22. The van der Waals surface area contributed by atoms with Crippen LogP contribution in [0.3, 0.4) is 0 Å². The molecule has 1 aromatic rings. The molecule has 88 valence electrons. The summed E-state index contributed by atoms with van der Waals surface area (Å²) in [5, 5.41) is 4.07. The van der Waals surface area contributed by atoms with Crippen molar-refractivity contribution in [2.45, 2.75) is 0 Å². The second-order valence-corrected chi connectivity index (χ2v) is 4.93. The highest BCUT2D eigenvalue weighted by molar-refractivity contribution is 8.14. The van der Waals surface area contributed by atoms with Gasteiger partial charge < -0.3 is 5.32 Å². The van der Waals surface area contributed by atoms with Crippen LogP contribution in [0.5, 0.6) is 0 Å². The molecule has 0 aromatic heterocycles. The molecule has 0 atom stereocenters. The molecule has 1 heterocycles. The van der Waals surface area contributed by atoms with E-state index in [2.05, 4.69) is 10.3 Å². The minimum atomic E-state index is -0.168. The first-order valence-electron chi connectivity index (χ1n) is 5.16. The fraction of sp³-hybridized carbons (Fsp3) is 0.167. The average Bonchev–Trinajstić information content (AvgIpc) is 2.79. The lowest BCUT2D eigenvalue weighted by Crippen LogP contribution is -2.25. The Bertz CT molecular complexity index is 485. The van der Waals surface area contributed by atoms with E-state index < -0.39 is 0 Å². The second-order valence-electron chi connectivity index (χ2n) is 3.41. The van der Waals surface area contributed by atoms with Gasteiger partial charge in [0.1, 0.15) is 0 Å². The van der Waals surface area contributed by atoms with Crippen molar-refractivity contribution < 1.29 is 4.79 Å². The van der Waals surface area contributed by atoms with Gasteiger partial charge in [-0.3, -0.25) is 9.79 Å². The van der Waals surface area contributed by atoms with E-state index >= 15 is 0 Å². The van der Waals surface area contributed by atoms with Crippen LogP contribution in [0.2, 0.25) is 5.02 Å². The monoisotopic (exact) mass is 266 g/mol. The minimum absolute atomic E-state index is 0.168. The number of aliphatic imine (C=N–C) groups is 1. The molecule has 0 unspecified atom stereocenters. The highest BCUT2D eigenvalue weighted by atomic mass is 35.5. The van der Waals surface area contributed by atoms with Crippen LogP contribution in [0.25, 0.3) is 6.08 Å². The number of hydrogen-bond acceptors (Lipinski definition) is 3. The molecular formula is C12H11ClN2OS. The number of carbonyl (C=O) groups excluding carboxylic acids is 1. The van der Waals surface area contributed by atoms with Crippen LogP contribution in [0.4, 0.5) is 0 Å². The molecule has 5 heteroatoms. The first-order chi connectivity index (χ1) is 8.24. The Morgan fingerprint density at radius 2 is 2.41 bits per heavy atom. The van der Waals surface area contributed by atoms with Crippen molar-refractivity contribution in [1.82, 2.24) is 5.32 Å². The molecule has 1 N–H and O–H groups in total. The third-order valence-electron chi connectivity index (χ3n) is 2.09. The predicted molar refractivity (Wildman–Crippen MR) is 73.4 cm³/mol. The van der Waals surface area contributed by atoms with Gasteiger partial charge in [-0.25, -0.2) is 0 Å². The Balaban J connectivity index is 1.93. The smallest absolute Gasteiger partial charge is 0.249 e. The maximum absolute atomic E-state index is 11.5. The topological polar surface area (TPSA) is 41.5 Å². The average molecular weight is 267 g/mol. The number of benzene rings is 1. The summed E-state index contributed by atoms with van der Waals surface area (Å²) in [6.07, 6.45) is 3.20. The van der Waals surface area contributed by atoms with Gasteiger partial charge in [-0.05, 0) is 23.8 Å². The first-order valence-corrected chi connectivity index (χ1v) is 6.52. The van der Waals surface area contributed by atoms with Crippen molar-refractivity contribution in [1.29, 1.82) is 0 Å². The molecule has 1 aromatic carbocycles. The van der Waals surface area contributed by atoms with Gasteiger partial charge in [0.25, 0.3) is 0 Å². The quantitative estimate of drug-likeness (QED) is 0.836. The van der Waals surface area contributed by atoms with E-state index in [1.54, 1.807) is 30.0 Å². The number of amidine groups is 1. The van der Waals surface area contributed by atoms with Crippen molar-refractivity contribution >= 4 is 40.5 Å². The molecular weight excluding hydrogens is 256 g/mol. The van der Waals surface area contributed by atoms with Crippen molar-refractivity contribution in [2.24, 2.45) is 4.99 Å². The van der Waals surface area contributed by atoms with Gasteiger partial charge in [0.15, 0.2) is 5.17 Å². The lowest BCUT2D eigenvalue weighted by Gasteiger charge is -1.99. The van der Waals surface area contributed by atoms with Gasteiger partial charge in [0.2, 0.25) is 5.91 Å². The summed E-state index contributed by atoms with van der Waals surface area (Å²) < 4.78 is 0. The largest absolute Gasteiger partial charge is 0.302 e. The van der Waals surface area contributed by atoms with Crippen LogP contribution in [0, 0.1) is 0 Å². The Morgan fingerprint density at radius 3 is 3.12 bits per heavy atom. The SMILES string of the molecule is O=C(/C=C/c1cccc(Cl)c1)NC1=NCCS1. The highest BCUT2D eigenvalue weighted by Crippen LogP contribution is 2.12. The molecule has 0 bridgehead atoms. The van der Waals surface area contributed by atoms with Crippen LogP contribution in [0.1, 0.15) is 5.56 Å². The molecule has 3 nitrogen and oxygen atoms in total. The summed E-state index contributed by atoms with van der Waals surface area (Å²) in [4.78, 5) is 15.7. The van der Waals surface area contributed by atoms with E-state index in [4.69, 9.17) is 11.6 Å². The molecule has 0 saturated heterocycles. The predicted octanol–water partition coefficient (Wildman–Crippen LogP) is 2.57. The van der Waals surface area contributed by atoms with E-state index in [9.17, 15) is 4.79 Å². The van der Waals surface area contributed by atoms with Gasteiger partial charge in [-0.15, -0.1) is 0 Å². The minimum Gasteiger partial charge on any atom is -0.302 e. The van der Waals surface area contributed by atoms with E-state index in [0.29, 0.717) is 10.2 Å². The third kappa shape index (κ3) is 3.91. The molecule has 0 saturated carbocycles. The molecule has 1 aliphatic rings. The number of rotatable bonds is 2. The zero-order chi connectivity index (χ0) is 12.1. The van der Waals surface area contributed by atoms with Crippen molar-refractivity contribution in [3.05, 3.63) is 40.9 Å². The number of hydrogen-bond donors (Lipinski definition) is 1. The van der Waals surface area contributed by atoms with Gasteiger partial charge in [-0.2, -0.15) is 0 Å². The van der Waals surface area contributed by atoms with Crippen molar-refractivity contribution in [3.63, 3.8) is 0 Å². The summed E-state index contributed by atoms with van der Waals surface area (Å²) in [6.45, 7) is 0.776. The molecule has 17 heavy (non-hydrogen) atoms. The van der Waals surface area contributed by atoms with E-state index in [-0.39, 0.29) is 5.91 Å². The van der Waals surface area contributed by atoms with Crippen LogP contribution in [-0.4, -0.2) is 23.4 Å². The van der Waals surface area contributed by atoms with Crippen LogP contribution in [0.15, 0.2) is 35.3 Å². The van der Waals surface area contributed by atoms with Gasteiger partial charge in [-0.1, -0.05) is 35.5 Å². The van der Waals surface area contributed by atoms with Gasteiger partial charge >= 0.3 is 0 Å². The molecule has 1 amide bonds. The normalized spacial score (nSPS) is 15.0. The Labute approximate surface area is 109 Å². The molecule has 0 radical (unpaired) electrons. The number of halogens is 1. The summed E-state index contributed by atoms with van der Waals surface area (Å²) >= 11 is 7.40. The summed E-state index contributed by atoms with van der Waals surface area (Å²) in [5.74, 6) is 0.770. The standard InChI is InChI=1S/C12H11ClN2OS/c13-10-3-1-2-9(8-10)4-5-11(16)15-12-14-6-7-17-12/h1-5,8H,6-7H2,(H,14,15,16)/b5-4+. The lowest BCUT2D eigenvalue weighted by molar-refractivity contribution is -0.115. The van der Waals surface area contributed by atoms with E-state index in [1.165, 1.54) is 6.08 Å². The van der Waals surface area contributed by atoms with Gasteiger partial charge in [0, 0.05) is 16.9 Å². The fourth-order valence-electron chi connectivity index (χ4n) is 1.34. The summed E-state index contributed by atoms with van der Waals surface area (Å²) in [7, 11) is 0. The van der Waals surface area contributed by atoms with Crippen LogP contribution >= 0.6 is 23.4 Å². The maximum Gasteiger partial charge on any atom is 0.249 e. The lowest BCUT2D eigenvalue weighted by atomic mass is 10.2. The first kappa shape index (κ1) is 12.2. The molecule has 0 fully saturated rings. The molecule has 2 rings (SSSR count). The fourth-order valence-corrected chi connectivity index (χ4v) is 2.27. The number of nitrogens with zero attached hydrogens (tertiary/aromatic N) is 1. The Kier molecular flexibility index (Phi) is 4.23. The Hall–Kier alpha value is -1.26. The second kappa shape index (κ2) is 5.89. The van der Waals surface area contributed by atoms with Crippen LogP contribution in [-0.2, 0) is 4.79 Å². The van der Waals surface area contributed by atoms with E-state index in [0.717, 1.165) is 17.9 Å². The number of amides is 1. The van der Waals surface area contributed by atoms with Crippen LogP contribution < -0.4 is 5.32 Å². The zero-order valence-corrected chi connectivity index (χ0v) is 10.6. The number of thioether (sulfide) groups is 1. The molecule has 1 aliphatic heterocycles. The highest BCUT2D eigenvalue weighted by Gasteiger charge is 2.08. The number of carbonyl (C=O) groups is 1. The summed E-state index contributed by atoms with van der Waals surface area (Å²) in [5.41, 5.74) is 0.897.